The Balaban J connectivity index is 0.00000144. The molecule has 1 aliphatic carbocycles. The van der Waals surface area contributed by atoms with E-state index in [1.54, 1.807) is 0 Å². The van der Waals surface area contributed by atoms with Crippen LogP contribution in [-0.4, -0.2) is 25.5 Å². The minimum absolute atomic E-state index is 0. The maximum Gasteiger partial charge on any atom is 0.226 e. The van der Waals surface area contributed by atoms with Crippen molar-refractivity contribution in [2.45, 2.75) is 45.4 Å². The van der Waals surface area contributed by atoms with Gasteiger partial charge in [0.1, 0.15) is 0 Å². The van der Waals surface area contributed by atoms with E-state index in [2.05, 4.69) is 17.6 Å². The van der Waals surface area contributed by atoms with Gasteiger partial charge in [0.15, 0.2) is 0 Å². The first-order chi connectivity index (χ1) is 7.77. The van der Waals surface area contributed by atoms with Gasteiger partial charge < -0.3 is 10.6 Å². The highest BCUT2D eigenvalue weighted by atomic mass is 35.5. The van der Waals surface area contributed by atoms with E-state index in [0.717, 1.165) is 38.9 Å². The summed E-state index contributed by atoms with van der Waals surface area (Å²) < 4.78 is 0. The van der Waals surface area contributed by atoms with Crippen molar-refractivity contribution in [1.29, 1.82) is 0 Å². The molecule has 3 nitrogen and oxygen atoms in total. The molecule has 0 spiro atoms. The molecule has 1 aliphatic heterocycles. The van der Waals surface area contributed by atoms with Crippen molar-refractivity contribution in [1.82, 2.24) is 10.6 Å². The zero-order valence-electron chi connectivity index (χ0n) is 10.8. The van der Waals surface area contributed by atoms with E-state index in [-0.39, 0.29) is 17.8 Å². The van der Waals surface area contributed by atoms with Gasteiger partial charge in [0.25, 0.3) is 0 Å². The second-order valence-corrected chi connectivity index (χ2v) is 5.41. The van der Waals surface area contributed by atoms with Gasteiger partial charge in [0.2, 0.25) is 5.91 Å². The average molecular weight is 261 g/mol. The minimum atomic E-state index is 0. The number of nitrogens with one attached hydrogen (secondary N) is 2. The smallest absolute Gasteiger partial charge is 0.226 e. The summed E-state index contributed by atoms with van der Waals surface area (Å²) in [7, 11) is 0. The summed E-state index contributed by atoms with van der Waals surface area (Å²) in [6.07, 6.45) is 6.93. The van der Waals surface area contributed by atoms with Crippen LogP contribution in [-0.2, 0) is 4.79 Å². The second kappa shape index (κ2) is 6.60. The first-order valence-electron chi connectivity index (χ1n) is 6.76. The highest BCUT2D eigenvalue weighted by molar-refractivity contribution is 5.85. The van der Waals surface area contributed by atoms with Crippen molar-refractivity contribution in [2.24, 2.45) is 11.3 Å². The van der Waals surface area contributed by atoms with E-state index >= 15 is 0 Å². The maximum absolute atomic E-state index is 12.1. The molecule has 1 unspecified atom stereocenters. The van der Waals surface area contributed by atoms with Crippen molar-refractivity contribution in [2.75, 3.05) is 19.6 Å². The Morgan fingerprint density at radius 3 is 2.65 bits per heavy atom. The topological polar surface area (TPSA) is 41.1 Å². The standard InChI is InChI=1S/C13H24N2O.ClH/c1-2-13(6-4-7-13)12(16)15-10-11-5-3-8-14-9-11;/h11,14H,2-10H2,1H3,(H,15,16);1H. The highest BCUT2D eigenvalue weighted by Crippen LogP contribution is 2.43. The molecule has 1 saturated heterocycles. The van der Waals surface area contributed by atoms with Crippen molar-refractivity contribution < 1.29 is 4.79 Å². The van der Waals surface area contributed by atoms with E-state index in [0.29, 0.717) is 11.8 Å². The third kappa shape index (κ3) is 3.35. The van der Waals surface area contributed by atoms with E-state index in [4.69, 9.17) is 0 Å². The van der Waals surface area contributed by atoms with Crippen molar-refractivity contribution in [3.63, 3.8) is 0 Å². The highest BCUT2D eigenvalue weighted by Gasteiger charge is 2.42. The van der Waals surface area contributed by atoms with Crippen molar-refractivity contribution in [3.05, 3.63) is 0 Å². The van der Waals surface area contributed by atoms with Gasteiger partial charge >= 0.3 is 0 Å². The Kier molecular flexibility index (Phi) is 5.74. The monoisotopic (exact) mass is 260 g/mol. The quantitative estimate of drug-likeness (QED) is 0.813. The van der Waals surface area contributed by atoms with E-state index < -0.39 is 0 Å². The lowest BCUT2D eigenvalue weighted by molar-refractivity contribution is -0.136. The Morgan fingerprint density at radius 1 is 1.41 bits per heavy atom. The van der Waals surface area contributed by atoms with Crippen LogP contribution in [0.3, 0.4) is 0 Å². The molecule has 100 valence electrons. The van der Waals surface area contributed by atoms with Gasteiger partial charge in [0, 0.05) is 12.0 Å². The van der Waals surface area contributed by atoms with Gasteiger partial charge in [-0.05, 0) is 51.1 Å². The van der Waals surface area contributed by atoms with Crippen LogP contribution in [0.5, 0.6) is 0 Å². The first-order valence-corrected chi connectivity index (χ1v) is 6.76. The molecule has 2 N–H and O–H groups in total. The Morgan fingerprint density at radius 2 is 2.18 bits per heavy atom. The number of rotatable bonds is 4. The number of carbonyl (C=O) groups excluding carboxylic acids is 1. The largest absolute Gasteiger partial charge is 0.355 e. The molecule has 1 heterocycles. The van der Waals surface area contributed by atoms with Gasteiger partial charge in [-0.3, -0.25) is 4.79 Å². The van der Waals surface area contributed by atoms with E-state index in [1.807, 2.05) is 0 Å². The molecule has 1 amide bonds. The molecule has 4 heteroatoms. The Hall–Kier alpha value is -0.280. The van der Waals surface area contributed by atoms with Crippen LogP contribution in [0.1, 0.15) is 45.4 Å². The molecule has 1 atom stereocenters. The van der Waals surface area contributed by atoms with Gasteiger partial charge in [-0.2, -0.15) is 0 Å². The maximum atomic E-state index is 12.1. The molecular weight excluding hydrogens is 236 g/mol. The summed E-state index contributed by atoms with van der Waals surface area (Å²) in [6.45, 7) is 5.22. The zero-order chi connectivity index (χ0) is 11.4. The summed E-state index contributed by atoms with van der Waals surface area (Å²) in [6, 6.07) is 0. The Labute approximate surface area is 111 Å². The summed E-state index contributed by atoms with van der Waals surface area (Å²) in [5.74, 6) is 0.957. The second-order valence-electron chi connectivity index (χ2n) is 5.41. The lowest BCUT2D eigenvalue weighted by Crippen LogP contribution is -2.47. The fourth-order valence-electron chi connectivity index (χ4n) is 2.87. The average Bonchev–Trinajstić information content (AvgIpc) is 2.27. The Bertz CT molecular complexity index is 242. The van der Waals surface area contributed by atoms with Crippen LogP contribution < -0.4 is 10.6 Å². The van der Waals surface area contributed by atoms with Crippen LogP contribution in [0.4, 0.5) is 0 Å². The van der Waals surface area contributed by atoms with Crippen LogP contribution in [0, 0.1) is 11.3 Å². The molecule has 0 aromatic heterocycles. The van der Waals surface area contributed by atoms with Crippen LogP contribution in [0.2, 0.25) is 0 Å². The molecule has 17 heavy (non-hydrogen) atoms. The molecule has 0 radical (unpaired) electrons. The van der Waals surface area contributed by atoms with Gasteiger partial charge in [-0.25, -0.2) is 0 Å². The summed E-state index contributed by atoms with van der Waals surface area (Å²) in [4.78, 5) is 12.1. The number of carbonyl (C=O) groups is 1. The summed E-state index contributed by atoms with van der Waals surface area (Å²) >= 11 is 0. The van der Waals surface area contributed by atoms with Crippen LogP contribution in [0.25, 0.3) is 0 Å². The molecule has 2 rings (SSSR count). The third-order valence-corrected chi connectivity index (χ3v) is 4.42. The molecule has 0 aromatic carbocycles. The predicted octanol–water partition coefficient (Wildman–Crippen LogP) is 2.10. The predicted molar refractivity (Wildman–Crippen MR) is 72.4 cm³/mol. The molecule has 0 aromatic rings. The summed E-state index contributed by atoms with van der Waals surface area (Å²) in [5, 5.41) is 6.56. The van der Waals surface area contributed by atoms with E-state index in [9.17, 15) is 4.79 Å². The fourth-order valence-corrected chi connectivity index (χ4v) is 2.87. The number of piperidine rings is 1. The number of amides is 1. The third-order valence-electron chi connectivity index (χ3n) is 4.42. The molecule has 2 aliphatic rings. The SMILES string of the molecule is CCC1(C(=O)NCC2CCCNC2)CCC1.Cl. The molecule has 2 fully saturated rings. The lowest BCUT2D eigenvalue weighted by Gasteiger charge is -2.40. The van der Waals surface area contributed by atoms with Crippen LogP contribution >= 0.6 is 12.4 Å². The molecular formula is C13H25ClN2O. The minimum Gasteiger partial charge on any atom is -0.355 e. The number of halogens is 1. The summed E-state index contributed by atoms with van der Waals surface area (Å²) in [5.41, 5.74) is 0.00208. The van der Waals surface area contributed by atoms with Gasteiger partial charge in [0.05, 0.1) is 0 Å². The first kappa shape index (κ1) is 14.8. The van der Waals surface area contributed by atoms with Crippen molar-refractivity contribution >= 4 is 18.3 Å². The van der Waals surface area contributed by atoms with Crippen LogP contribution in [0.15, 0.2) is 0 Å². The van der Waals surface area contributed by atoms with Crippen molar-refractivity contribution in [3.8, 4) is 0 Å². The normalized spacial score (nSPS) is 26.5. The zero-order valence-corrected chi connectivity index (χ0v) is 11.6. The van der Waals surface area contributed by atoms with Gasteiger partial charge in [-0.1, -0.05) is 13.3 Å². The molecule has 1 saturated carbocycles. The van der Waals surface area contributed by atoms with E-state index in [1.165, 1.54) is 19.3 Å². The number of hydrogen-bond acceptors (Lipinski definition) is 2. The fraction of sp³-hybridized carbons (Fsp3) is 0.923. The van der Waals surface area contributed by atoms with Gasteiger partial charge in [-0.15, -0.1) is 12.4 Å². The number of hydrogen-bond donors (Lipinski definition) is 2. The molecule has 0 bridgehead atoms. The lowest BCUT2D eigenvalue weighted by atomic mass is 9.66.